The van der Waals surface area contributed by atoms with Crippen LogP contribution in [0.4, 0.5) is 4.39 Å². The Morgan fingerprint density at radius 2 is 1.86 bits per heavy atom. The molecule has 3 nitrogen and oxygen atoms in total. The number of rotatable bonds is 4. The molecule has 1 aliphatic heterocycles. The molecular formula is C18H21FN2O. The van der Waals surface area contributed by atoms with Gasteiger partial charge in [-0.05, 0) is 23.8 Å². The van der Waals surface area contributed by atoms with Crippen molar-refractivity contribution in [3.63, 3.8) is 0 Å². The van der Waals surface area contributed by atoms with E-state index in [1.54, 1.807) is 19.2 Å². The van der Waals surface area contributed by atoms with Crippen LogP contribution in [0.2, 0.25) is 0 Å². The van der Waals surface area contributed by atoms with E-state index in [1.807, 2.05) is 18.2 Å². The smallest absolute Gasteiger partial charge is 0.131 e. The Morgan fingerprint density at radius 1 is 1.09 bits per heavy atom. The quantitative estimate of drug-likeness (QED) is 0.939. The third-order valence-electron chi connectivity index (χ3n) is 4.04. The van der Waals surface area contributed by atoms with Crippen molar-refractivity contribution in [3.05, 3.63) is 53.8 Å². The van der Waals surface area contributed by atoms with Crippen LogP contribution in [0.15, 0.2) is 42.5 Å². The number of methoxy groups -OCH3 is 1. The lowest BCUT2D eigenvalue weighted by Gasteiger charge is -2.27. The Balaban J connectivity index is 1.91. The molecule has 2 aromatic carbocycles. The van der Waals surface area contributed by atoms with Crippen molar-refractivity contribution in [1.82, 2.24) is 10.2 Å². The minimum absolute atomic E-state index is 0.222. The first kappa shape index (κ1) is 15.0. The number of benzene rings is 2. The minimum Gasteiger partial charge on any atom is -0.496 e. The third-order valence-corrected chi connectivity index (χ3v) is 4.04. The van der Waals surface area contributed by atoms with E-state index in [1.165, 1.54) is 11.6 Å². The molecule has 22 heavy (non-hydrogen) atoms. The molecule has 4 heteroatoms. The summed E-state index contributed by atoms with van der Waals surface area (Å²) in [5.41, 5.74) is 2.58. The summed E-state index contributed by atoms with van der Waals surface area (Å²) in [4.78, 5) is 2.41. The predicted molar refractivity (Wildman–Crippen MR) is 86.5 cm³/mol. The van der Waals surface area contributed by atoms with Crippen LogP contribution in [0.25, 0.3) is 11.1 Å². The lowest BCUT2D eigenvalue weighted by atomic mass is 10.0. The van der Waals surface area contributed by atoms with Gasteiger partial charge in [0, 0.05) is 43.9 Å². The van der Waals surface area contributed by atoms with Gasteiger partial charge in [0.25, 0.3) is 0 Å². The molecule has 0 bridgehead atoms. The molecule has 0 atom stereocenters. The third kappa shape index (κ3) is 3.29. The highest BCUT2D eigenvalue weighted by Gasteiger charge is 2.14. The highest BCUT2D eigenvalue weighted by Crippen LogP contribution is 2.32. The van der Waals surface area contributed by atoms with Gasteiger partial charge in [0.15, 0.2) is 0 Å². The van der Waals surface area contributed by atoms with Gasteiger partial charge in [-0.25, -0.2) is 4.39 Å². The molecule has 3 rings (SSSR count). The van der Waals surface area contributed by atoms with E-state index in [2.05, 4.69) is 16.3 Å². The van der Waals surface area contributed by atoms with Crippen LogP contribution in [0, 0.1) is 5.82 Å². The van der Waals surface area contributed by atoms with E-state index in [9.17, 15) is 4.39 Å². The molecule has 1 N–H and O–H groups in total. The molecule has 0 radical (unpaired) electrons. The van der Waals surface area contributed by atoms with Crippen molar-refractivity contribution < 1.29 is 9.13 Å². The van der Waals surface area contributed by atoms with Crippen molar-refractivity contribution in [1.29, 1.82) is 0 Å². The number of nitrogens with one attached hydrogen (secondary N) is 1. The van der Waals surface area contributed by atoms with Gasteiger partial charge in [-0.15, -0.1) is 0 Å². The first-order valence-corrected chi connectivity index (χ1v) is 7.63. The highest BCUT2D eigenvalue weighted by molar-refractivity contribution is 5.71. The van der Waals surface area contributed by atoms with Crippen LogP contribution in [-0.2, 0) is 6.54 Å². The standard InChI is InChI=1S/C18H21FN2O/c1-22-18-7-6-14(13-21-10-8-20-9-11-21)12-16(18)15-4-2-3-5-17(15)19/h2-7,12,20H,8-11,13H2,1H3. The number of hydrogen-bond acceptors (Lipinski definition) is 3. The van der Waals surface area contributed by atoms with Crippen molar-refractivity contribution in [2.45, 2.75) is 6.54 Å². The molecule has 0 spiro atoms. The second-order valence-electron chi connectivity index (χ2n) is 5.54. The van der Waals surface area contributed by atoms with Gasteiger partial charge < -0.3 is 10.1 Å². The lowest BCUT2D eigenvalue weighted by Crippen LogP contribution is -2.42. The second kappa shape index (κ2) is 6.90. The molecule has 0 aliphatic carbocycles. The number of piperazine rings is 1. The van der Waals surface area contributed by atoms with Crippen LogP contribution in [0.5, 0.6) is 5.75 Å². The van der Waals surface area contributed by atoms with E-state index in [4.69, 9.17) is 4.74 Å². The van der Waals surface area contributed by atoms with Crippen LogP contribution in [0.1, 0.15) is 5.56 Å². The molecule has 1 heterocycles. The van der Waals surface area contributed by atoms with Crippen LogP contribution in [0.3, 0.4) is 0 Å². The van der Waals surface area contributed by atoms with Gasteiger partial charge in [-0.2, -0.15) is 0 Å². The molecule has 2 aromatic rings. The van der Waals surface area contributed by atoms with Crippen molar-refractivity contribution in [2.24, 2.45) is 0 Å². The summed E-state index contributed by atoms with van der Waals surface area (Å²) in [7, 11) is 1.62. The van der Waals surface area contributed by atoms with E-state index in [0.29, 0.717) is 11.3 Å². The first-order chi connectivity index (χ1) is 10.8. The maximum Gasteiger partial charge on any atom is 0.131 e. The molecule has 0 amide bonds. The fourth-order valence-corrected chi connectivity index (χ4v) is 2.87. The van der Waals surface area contributed by atoms with Crippen molar-refractivity contribution in [3.8, 4) is 16.9 Å². The summed E-state index contributed by atoms with van der Waals surface area (Å²) in [5, 5.41) is 3.35. The fraction of sp³-hybridized carbons (Fsp3) is 0.333. The second-order valence-corrected chi connectivity index (χ2v) is 5.54. The van der Waals surface area contributed by atoms with E-state index in [-0.39, 0.29) is 5.82 Å². The molecule has 1 fully saturated rings. The van der Waals surface area contributed by atoms with Crippen LogP contribution < -0.4 is 10.1 Å². The first-order valence-electron chi connectivity index (χ1n) is 7.63. The van der Waals surface area contributed by atoms with Gasteiger partial charge in [0.1, 0.15) is 11.6 Å². The number of nitrogens with zero attached hydrogens (tertiary/aromatic N) is 1. The molecular weight excluding hydrogens is 279 g/mol. The van der Waals surface area contributed by atoms with Gasteiger partial charge in [-0.1, -0.05) is 24.3 Å². The lowest BCUT2D eigenvalue weighted by molar-refractivity contribution is 0.233. The fourth-order valence-electron chi connectivity index (χ4n) is 2.87. The van der Waals surface area contributed by atoms with Gasteiger partial charge in [0.05, 0.1) is 7.11 Å². The summed E-state index contributed by atoms with van der Waals surface area (Å²) < 4.78 is 19.5. The van der Waals surface area contributed by atoms with Crippen molar-refractivity contribution >= 4 is 0 Å². The largest absolute Gasteiger partial charge is 0.496 e. The highest BCUT2D eigenvalue weighted by atomic mass is 19.1. The Morgan fingerprint density at radius 3 is 2.59 bits per heavy atom. The van der Waals surface area contributed by atoms with Crippen LogP contribution >= 0.6 is 0 Å². The van der Waals surface area contributed by atoms with E-state index >= 15 is 0 Å². The summed E-state index contributed by atoms with van der Waals surface area (Å²) >= 11 is 0. The summed E-state index contributed by atoms with van der Waals surface area (Å²) in [6.45, 7) is 5.02. The summed E-state index contributed by atoms with van der Waals surface area (Å²) in [6.07, 6.45) is 0. The normalized spacial score (nSPS) is 15.7. The topological polar surface area (TPSA) is 24.5 Å². The predicted octanol–water partition coefficient (Wildman–Crippen LogP) is 2.91. The number of hydrogen-bond donors (Lipinski definition) is 1. The summed E-state index contributed by atoms with van der Waals surface area (Å²) in [6, 6.07) is 12.9. The number of ether oxygens (including phenoxy) is 1. The maximum atomic E-state index is 14.1. The molecule has 0 unspecified atom stereocenters. The zero-order chi connectivity index (χ0) is 15.4. The van der Waals surface area contributed by atoms with Gasteiger partial charge in [-0.3, -0.25) is 4.90 Å². The van der Waals surface area contributed by atoms with Crippen LogP contribution in [-0.4, -0.2) is 38.2 Å². The monoisotopic (exact) mass is 300 g/mol. The number of halogens is 1. The SMILES string of the molecule is COc1ccc(CN2CCNCC2)cc1-c1ccccc1F. The molecule has 0 saturated carbocycles. The molecule has 116 valence electrons. The molecule has 1 aliphatic rings. The van der Waals surface area contributed by atoms with Gasteiger partial charge in [0.2, 0.25) is 0 Å². The molecule has 0 aromatic heterocycles. The molecule has 1 saturated heterocycles. The average Bonchev–Trinajstić information content (AvgIpc) is 2.56. The Kier molecular flexibility index (Phi) is 4.71. The minimum atomic E-state index is -0.222. The van der Waals surface area contributed by atoms with Crippen molar-refractivity contribution in [2.75, 3.05) is 33.3 Å². The van der Waals surface area contributed by atoms with E-state index in [0.717, 1.165) is 38.3 Å². The maximum absolute atomic E-state index is 14.1. The van der Waals surface area contributed by atoms with Gasteiger partial charge >= 0.3 is 0 Å². The van der Waals surface area contributed by atoms with E-state index < -0.39 is 0 Å². The average molecular weight is 300 g/mol. The Labute approximate surface area is 130 Å². The Hall–Kier alpha value is -1.91. The zero-order valence-corrected chi connectivity index (χ0v) is 12.8. The zero-order valence-electron chi connectivity index (χ0n) is 12.8. The Bertz CT molecular complexity index is 639. The summed E-state index contributed by atoms with van der Waals surface area (Å²) in [5.74, 6) is 0.481.